The summed E-state index contributed by atoms with van der Waals surface area (Å²) in [4.78, 5) is 10.4. The van der Waals surface area contributed by atoms with Gasteiger partial charge in [-0.3, -0.25) is 0 Å². The van der Waals surface area contributed by atoms with Gasteiger partial charge in [-0.05, 0) is 37.1 Å². The Balaban J connectivity index is 2.29. The molecule has 0 radical (unpaired) electrons. The summed E-state index contributed by atoms with van der Waals surface area (Å²) in [5, 5.41) is 5.80. The molecule has 0 spiro atoms. The van der Waals surface area contributed by atoms with E-state index in [1.165, 1.54) is 0 Å². The third kappa shape index (κ3) is 4.08. The zero-order chi connectivity index (χ0) is 12.0. The van der Waals surface area contributed by atoms with Crippen LogP contribution < -0.4 is 22.1 Å². The molecule has 0 aliphatic heterocycles. The molecule has 0 aromatic heterocycles. The molecule has 0 aliphatic rings. The molecule has 16 heavy (non-hydrogen) atoms. The number of nitrogens with two attached hydrogens (primary N) is 2. The lowest BCUT2D eigenvalue weighted by atomic mass is 10.2. The highest BCUT2D eigenvalue weighted by molar-refractivity contribution is 5.71. The number of primary amides is 1. The average molecular weight is 222 g/mol. The number of nitrogens with one attached hydrogen (secondary N) is 2. The summed E-state index contributed by atoms with van der Waals surface area (Å²) >= 11 is 0. The van der Waals surface area contributed by atoms with Gasteiger partial charge in [0.2, 0.25) is 0 Å². The molecular formula is C11H18N4O. The molecule has 0 bridgehead atoms. The maximum atomic E-state index is 10.4. The fourth-order valence-corrected chi connectivity index (χ4v) is 1.41. The summed E-state index contributed by atoms with van der Waals surface area (Å²) < 4.78 is 0. The molecule has 0 heterocycles. The van der Waals surface area contributed by atoms with Crippen LogP contribution in [0.1, 0.15) is 12.0 Å². The molecule has 5 heteroatoms. The molecule has 0 unspecified atom stereocenters. The first kappa shape index (κ1) is 12.2. The van der Waals surface area contributed by atoms with Gasteiger partial charge in [-0.1, -0.05) is 0 Å². The smallest absolute Gasteiger partial charge is 0.312 e. The van der Waals surface area contributed by atoms with Crippen molar-refractivity contribution in [3.05, 3.63) is 23.8 Å². The highest BCUT2D eigenvalue weighted by Gasteiger charge is 1.97. The van der Waals surface area contributed by atoms with Gasteiger partial charge in [-0.2, -0.15) is 0 Å². The van der Waals surface area contributed by atoms with E-state index in [-0.39, 0.29) is 0 Å². The van der Waals surface area contributed by atoms with E-state index in [1.54, 1.807) is 0 Å². The molecule has 1 aromatic rings. The van der Waals surface area contributed by atoms with Gasteiger partial charge in [0.1, 0.15) is 0 Å². The van der Waals surface area contributed by atoms with Crippen molar-refractivity contribution in [2.45, 2.75) is 13.3 Å². The number of hydrogen-bond acceptors (Lipinski definition) is 3. The normalized spacial score (nSPS) is 9.81. The standard InChI is InChI=1S/C11H18N4O/c1-8-7-9(12)3-4-10(8)14-5-2-6-15-11(13)16/h3-4,7,14H,2,5-6,12H2,1H3,(H3,13,15,16). The van der Waals surface area contributed by atoms with Crippen molar-refractivity contribution in [1.29, 1.82) is 0 Å². The number of aryl methyl sites for hydroxylation is 1. The minimum atomic E-state index is -0.483. The highest BCUT2D eigenvalue weighted by Crippen LogP contribution is 2.17. The Morgan fingerprint density at radius 3 is 2.75 bits per heavy atom. The summed E-state index contributed by atoms with van der Waals surface area (Å²) in [5.41, 5.74) is 13.5. The fraction of sp³-hybridized carbons (Fsp3) is 0.364. The number of carbonyl (C=O) groups excluding carboxylic acids is 1. The van der Waals surface area contributed by atoms with E-state index in [0.717, 1.165) is 29.9 Å². The van der Waals surface area contributed by atoms with Crippen LogP contribution in [0, 0.1) is 6.92 Å². The van der Waals surface area contributed by atoms with Gasteiger partial charge in [-0.25, -0.2) is 4.79 Å². The zero-order valence-corrected chi connectivity index (χ0v) is 9.42. The second kappa shape index (κ2) is 5.85. The Kier molecular flexibility index (Phi) is 4.44. The first-order valence-electron chi connectivity index (χ1n) is 5.23. The quantitative estimate of drug-likeness (QED) is 0.443. The maximum absolute atomic E-state index is 10.4. The van der Waals surface area contributed by atoms with E-state index < -0.39 is 6.03 Å². The van der Waals surface area contributed by atoms with Crippen molar-refractivity contribution in [2.24, 2.45) is 5.73 Å². The third-order valence-electron chi connectivity index (χ3n) is 2.22. The summed E-state index contributed by atoms with van der Waals surface area (Å²) in [6.07, 6.45) is 0.826. The zero-order valence-electron chi connectivity index (χ0n) is 9.42. The Labute approximate surface area is 95.2 Å². The first-order valence-corrected chi connectivity index (χ1v) is 5.23. The summed E-state index contributed by atoms with van der Waals surface area (Å²) in [7, 11) is 0. The van der Waals surface area contributed by atoms with Gasteiger partial charge in [0.05, 0.1) is 0 Å². The Morgan fingerprint density at radius 2 is 2.12 bits per heavy atom. The minimum Gasteiger partial charge on any atom is -0.399 e. The predicted octanol–water partition coefficient (Wildman–Crippen LogP) is 1.05. The molecule has 2 amide bonds. The number of anilines is 2. The Morgan fingerprint density at radius 1 is 1.38 bits per heavy atom. The van der Waals surface area contributed by atoms with Gasteiger partial charge >= 0.3 is 6.03 Å². The molecule has 1 rings (SSSR count). The van der Waals surface area contributed by atoms with Crippen molar-refractivity contribution >= 4 is 17.4 Å². The third-order valence-corrected chi connectivity index (χ3v) is 2.22. The lowest BCUT2D eigenvalue weighted by Gasteiger charge is -2.10. The Hall–Kier alpha value is -1.91. The number of rotatable bonds is 5. The number of hydrogen-bond donors (Lipinski definition) is 4. The second-order valence-electron chi connectivity index (χ2n) is 3.65. The van der Waals surface area contributed by atoms with Gasteiger partial charge in [0.15, 0.2) is 0 Å². The minimum absolute atomic E-state index is 0.483. The van der Waals surface area contributed by atoms with E-state index in [2.05, 4.69) is 10.6 Å². The first-order chi connectivity index (χ1) is 7.59. The van der Waals surface area contributed by atoms with Crippen molar-refractivity contribution in [3.63, 3.8) is 0 Å². The number of nitrogen functional groups attached to an aromatic ring is 1. The van der Waals surface area contributed by atoms with Gasteiger partial charge < -0.3 is 22.1 Å². The molecule has 1 aromatic carbocycles. The average Bonchev–Trinajstić information content (AvgIpc) is 2.20. The van der Waals surface area contributed by atoms with Crippen LogP contribution in [0.5, 0.6) is 0 Å². The van der Waals surface area contributed by atoms with Crippen molar-refractivity contribution in [1.82, 2.24) is 5.32 Å². The monoisotopic (exact) mass is 222 g/mol. The largest absolute Gasteiger partial charge is 0.399 e. The molecule has 0 atom stereocenters. The van der Waals surface area contributed by atoms with Crippen molar-refractivity contribution in [2.75, 3.05) is 24.1 Å². The van der Waals surface area contributed by atoms with Crippen LogP contribution in [0.2, 0.25) is 0 Å². The molecule has 0 saturated heterocycles. The summed E-state index contributed by atoms with van der Waals surface area (Å²) in [6, 6.07) is 5.25. The van der Waals surface area contributed by atoms with E-state index >= 15 is 0 Å². The molecule has 5 nitrogen and oxygen atoms in total. The maximum Gasteiger partial charge on any atom is 0.312 e. The van der Waals surface area contributed by atoms with Gasteiger partial charge in [0.25, 0.3) is 0 Å². The van der Waals surface area contributed by atoms with Crippen LogP contribution in [0.25, 0.3) is 0 Å². The molecule has 0 aliphatic carbocycles. The van der Waals surface area contributed by atoms with Crippen LogP contribution in [0.15, 0.2) is 18.2 Å². The fourth-order valence-electron chi connectivity index (χ4n) is 1.41. The van der Waals surface area contributed by atoms with Crippen LogP contribution >= 0.6 is 0 Å². The number of urea groups is 1. The van der Waals surface area contributed by atoms with Crippen LogP contribution in [-0.4, -0.2) is 19.1 Å². The van der Waals surface area contributed by atoms with Crippen LogP contribution in [0.4, 0.5) is 16.2 Å². The van der Waals surface area contributed by atoms with Crippen molar-refractivity contribution in [3.8, 4) is 0 Å². The number of amides is 2. The molecule has 88 valence electrons. The topological polar surface area (TPSA) is 93.2 Å². The molecule has 0 saturated carbocycles. The number of benzene rings is 1. The summed E-state index contributed by atoms with van der Waals surface area (Å²) in [5.74, 6) is 0. The highest BCUT2D eigenvalue weighted by atomic mass is 16.2. The predicted molar refractivity (Wildman–Crippen MR) is 66.3 cm³/mol. The van der Waals surface area contributed by atoms with Gasteiger partial charge in [0, 0.05) is 24.5 Å². The second-order valence-corrected chi connectivity index (χ2v) is 3.65. The van der Waals surface area contributed by atoms with E-state index in [0.29, 0.717) is 6.54 Å². The Bertz CT molecular complexity index is 365. The van der Waals surface area contributed by atoms with Crippen LogP contribution in [0.3, 0.4) is 0 Å². The van der Waals surface area contributed by atoms with E-state index in [4.69, 9.17) is 11.5 Å². The molecule has 0 fully saturated rings. The van der Waals surface area contributed by atoms with Crippen LogP contribution in [-0.2, 0) is 0 Å². The lowest BCUT2D eigenvalue weighted by Crippen LogP contribution is -2.30. The van der Waals surface area contributed by atoms with E-state index in [1.807, 2.05) is 25.1 Å². The van der Waals surface area contributed by atoms with E-state index in [9.17, 15) is 4.79 Å². The molecular weight excluding hydrogens is 204 g/mol. The SMILES string of the molecule is Cc1cc(N)ccc1NCCCNC(N)=O. The van der Waals surface area contributed by atoms with Crippen molar-refractivity contribution < 1.29 is 4.79 Å². The number of carbonyl (C=O) groups is 1. The summed E-state index contributed by atoms with van der Waals surface area (Å²) in [6.45, 7) is 3.36. The lowest BCUT2D eigenvalue weighted by molar-refractivity contribution is 0.249. The molecule has 6 N–H and O–H groups in total. The van der Waals surface area contributed by atoms with Gasteiger partial charge in [-0.15, -0.1) is 0 Å².